The first kappa shape index (κ1) is 14.0. The van der Waals surface area contributed by atoms with Gasteiger partial charge in [-0.1, -0.05) is 34.6 Å². The highest BCUT2D eigenvalue weighted by atomic mass is 16.4. The Balaban J connectivity index is 2.88. The second-order valence-corrected chi connectivity index (χ2v) is 6.34. The number of carbonyl (C=O) groups is 2. The van der Waals surface area contributed by atoms with E-state index in [0.29, 0.717) is 19.5 Å². The van der Waals surface area contributed by atoms with Gasteiger partial charge in [0.25, 0.3) is 0 Å². The zero-order valence-corrected chi connectivity index (χ0v) is 11.4. The van der Waals surface area contributed by atoms with Crippen molar-refractivity contribution >= 4 is 11.9 Å². The van der Waals surface area contributed by atoms with Crippen LogP contribution < -0.4 is 0 Å². The first-order valence-electron chi connectivity index (χ1n) is 6.14. The largest absolute Gasteiger partial charge is 0.481 e. The number of aliphatic carboxylic acids is 1. The van der Waals surface area contributed by atoms with Crippen LogP contribution in [0.15, 0.2) is 0 Å². The molecular formula is C13H23NO3. The van der Waals surface area contributed by atoms with Crippen molar-refractivity contribution < 1.29 is 14.7 Å². The lowest BCUT2D eigenvalue weighted by atomic mass is 9.76. The van der Waals surface area contributed by atoms with Gasteiger partial charge in [0.2, 0.25) is 5.91 Å². The number of carbonyl (C=O) groups excluding carboxylic acids is 1. The van der Waals surface area contributed by atoms with Crippen LogP contribution in [-0.4, -0.2) is 35.0 Å². The molecule has 0 radical (unpaired) electrons. The number of carboxylic acids is 1. The van der Waals surface area contributed by atoms with E-state index in [4.69, 9.17) is 0 Å². The maximum atomic E-state index is 12.1. The average molecular weight is 241 g/mol. The van der Waals surface area contributed by atoms with E-state index in [2.05, 4.69) is 0 Å². The van der Waals surface area contributed by atoms with Gasteiger partial charge in [-0.15, -0.1) is 0 Å². The molecule has 1 unspecified atom stereocenters. The van der Waals surface area contributed by atoms with Gasteiger partial charge < -0.3 is 10.0 Å². The van der Waals surface area contributed by atoms with Crippen molar-refractivity contribution in [2.75, 3.05) is 13.1 Å². The molecule has 4 heteroatoms. The fourth-order valence-electron chi connectivity index (χ4n) is 2.37. The number of hydrogen-bond donors (Lipinski definition) is 1. The molecule has 1 rings (SSSR count). The molecule has 98 valence electrons. The molecule has 1 saturated heterocycles. The van der Waals surface area contributed by atoms with Crippen molar-refractivity contribution in [3.63, 3.8) is 0 Å². The van der Waals surface area contributed by atoms with Crippen molar-refractivity contribution in [3.8, 4) is 0 Å². The van der Waals surface area contributed by atoms with Crippen molar-refractivity contribution in [1.82, 2.24) is 4.90 Å². The van der Waals surface area contributed by atoms with E-state index in [9.17, 15) is 14.7 Å². The van der Waals surface area contributed by atoms with E-state index in [0.717, 1.165) is 0 Å². The summed E-state index contributed by atoms with van der Waals surface area (Å²) in [5, 5.41) is 9.40. The molecule has 0 aromatic rings. The summed E-state index contributed by atoms with van der Waals surface area (Å²) in [5.74, 6) is -0.698. The summed E-state index contributed by atoms with van der Waals surface area (Å²) in [5.41, 5.74) is -1.20. The van der Waals surface area contributed by atoms with Crippen LogP contribution in [-0.2, 0) is 9.59 Å². The lowest BCUT2D eigenvalue weighted by molar-refractivity contribution is -0.151. The van der Waals surface area contributed by atoms with Crippen LogP contribution in [0.3, 0.4) is 0 Å². The maximum absolute atomic E-state index is 12.1. The van der Waals surface area contributed by atoms with Gasteiger partial charge in [-0.25, -0.2) is 0 Å². The molecule has 0 aromatic heterocycles. The quantitative estimate of drug-likeness (QED) is 0.804. The Morgan fingerprint density at radius 2 is 1.82 bits per heavy atom. The Labute approximate surface area is 103 Å². The van der Waals surface area contributed by atoms with Gasteiger partial charge in [-0.05, 0) is 12.3 Å². The summed E-state index contributed by atoms with van der Waals surface area (Å²) in [4.78, 5) is 25.3. The highest BCUT2D eigenvalue weighted by Crippen LogP contribution is 2.39. The molecule has 0 aliphatic carbocycles. The monoisotopic (exact) mass is 241 g/mol. The van der Waals surface area contributed by atoms with Crippen LogP contribution in [0.4, 0.5) is 0 Å². The van der Waals surface area contributed by atoms with Crippen LogP contribution in [0.25, 0.3) is 0 Å². The van der Waals surface area contributed by atoms with E-state index in [1.807, 2.05) is 34.6 Å². The van der Waals surface area contributed by atoms with Crippen molar-refractivity contribution in [2.24, 2.45) is 16.7 Å². The Morgan fingerprint density at radius 3 is 2.12 bits per heavy atom. The van der Waals surface area contributed by atoms with Gasteiger partial charge in [-0.3, -0.25) is 9.59 Å². The minimum atomic E-state index is -0.781. The van der Waals surface area contributed by atoms with E-state index in [-0.39, 0.29) is 11.8 Å². The molecule has 17 heavy (non-hydrogen) atoms. The topological polar surface area (TPSA) is 57.6 Å². The zero-order valence-electron chi connectivity index (χ0n) is 11.4. The number of amides is 1. The molecule has 1 atom stereocenters. The Bertz CT molecular complexity index is 330. The first-order valence-corrected chi connectivity index (χ1v) is 6.14. The van der Waals surface area contributed by atoms with Crippen molar-refractivity contribution in [2.45, 2.75) is 41.0 Å². The van der Waals surface area contributed by atoms with E-state index in [1.165, 1.54) is 0 Å². The van der Waals surface area contributed by atoms with Gasteiger partial charge in [0.15, 0.2) is 0 Å². The molecule has 1 fully saturated rings. The van der Waals surface area contributed by atoms with Gasteiger partial charge in [0, 0.05) is 18.5 Å². The van der Waals surface area contributed by atoms with Crippen LogP contribution in [0.1, 0.15) is 41.0 Å². The zero-order chi connectivity index (χ0) is 13.4. The van der Waals surface area contributed by atoms with Crippen molar-refractivity contribution in [3.05, 3.63) is 0 Å². The van der Waals surface area contributed by atoms with Crippen LogP contribution in [0.2, 0.25) is 0 Å². The molecule has 0 spiro atoms. The van der Waals surface area contributed by atoms with E-state index in [1.54, 1.807) is 4.90 Å². The maximum Gasteiger partial charge on any atom is 0.311 e. The smallest absolute Gasteiger partial charge is 0.311 e. The Kier molecular flexibility index (Phi) is 3.55. The van der Waals surface area contributed by atoms with Gasteiger partial charge in [-0.2, -0.15) is 0 Å². The highest BCUT2D eigenvalue weighted by Gasteiger charge is 2.49. The lowest BCUT2D eigenvalue weighted by Gasteiger charge is -2.30. The molecule has 4 nitrogen and oxygen atoms in total. The molecule has 1 aliphatic heterocycles. The fraction of sp³-hybridized carbons (Fsp3) is 0.846. The summed E-state index contributed by atoms with van der Waals surface area (Å²) in [6.07, 6.45) is 0.557. The van der Waals surface area contributed by atoms with E-state index >= 15 is 0 Å². The third kappa shape index (κ3) is 2.45. The molecule has 0 bridgehead atoms. The van der Waals surface area contributed by atoms with Crippen LogP contribution >= 0.6 is 0 Å². The molecule has 1 N–H and O–H groups in total. The standard InChI is InChI=1S/C13H23NO3/c1-9(2)13(11(16)17)6-7-14(8-13)10(15)12(3,4)5/h9H,6-8H2,1-5H3,(H,16,17). The molecule has 1 aliphatic rings. The second-order valence-electron chi connectivity index (χ2n) is 6.34. The number of likely N-dealkylation sites (tertiary alicyclic amines) is 1. The van der Waals surface area contributed by atoms with Gasteiger partial charge in [0.05, 0.1) is 5.41 Å². The Morgan fingerprint density at radius 1 is 1.29 bits per heavy atom. The summed E-state index contributed by atoms with van der Waals surface area (Å²) >= 11 is 0. The van der Waals surface area contributed by atoms with Crippen molar-refractivity contribution in [1.29, 1.82) is 0 Å². The number of rotatable bonds is 2. The highest BCUT2D eigenvalue weighted by molar-refractivity contribution is 5.84. The minimum Gasteiger partial charge on any atom is -0.481 e. The van der Waals surface area contributed by atoms with E-state index < -0.39 is 16.8 Å². The molecule has 1 heterocycles. The van der Waals surface area contributed by atoms with Gasteiger partial charge in [0.1, 0.15) is 0 Å². The normalized spacial score (nSPS) is 25.4. The van der Waals surface area contributed by atoms with Crippen LogP contribution in [0, 0.1) is 16.7 Å². The molecule has 0 saturated carbocycles. The average Bonchev–Trinajstić information content (AvgIpc) is 2.60. The summed E-state index contributed by atoms with van der Waals surface area (Å²) in [6, 6.07) is 0. The summed E-state index contributed by atoms with van der Waals surface area (Å²) in [7, 11) is 0. The molecular weight excluding hydrogens is 218 g/mol. The van der Waals surface area contributed by atoms with Crippen LogP contribution in [0.5, 0.6) is 0 Å². The summed E-state index contributed by atoms with van der Waals surface area (Å²) in [6.45, 7) is 10.3. The number of hydrogen-bond acceptors (Lipinski definition) is 2. The minimum absolute atomic E-state index is 0.0396. The predicted molar refractivity (Wildman–Crippen MR) is 65.6 cm³/mol. The van der Waals surface area contributed by atoms with Gasteiger partial charge >= 0.3 is 5.97 Å². The SMILES string of the molecule is CC(C)C1(C(=O)O)CCN(C(=O)C(C)(C)C)C1. The third-order valence-electron chi connectivity index (χ3n) is 3.76. The first-order chi connectivity index (χ1) is 7.61. The Hall–Kier alpha value is -1.06. The number of carboxylic acid groups (broad SMARTS) is 1. The fourth-order valence-corrected chi connectivity index (χ4v) is 2.37. The predicted octanol–water partition coefficient (Wildman–Crippen LogP) is 1.99. The third-order valence-corrected chi connectivity index (χ3v) is 3.76. The summed E-state index contributed by atoms with van der Waals surface area (Å²) < 4.78 is 0. The molecule has 1 amide bonds. The molecule has 0 aromatic carbocycles. The number of nitrogens with zero attached hydrogens (tertiary/aromatic N) is 1. The lowest BCUT2D eigenvalue weighted by Crippen LogP contribution is -2.43. The second kappa shape index (κ2) is 4.31.